The van der Waals surface area contributed by atoms with E-state index >= 15 is 0 Å². The van der Waals surface area contributed by atoms with Crippen LogP contribution in [-0.2, 0) is 9.53 Å². The number of unbranched alkanes of at least 4 members (excludes halogenated alkanes) is 5. The first kappa shape index (κ1) is 38.0. The molecular weight excluding hydrogens is 581 g/mol. The minimum atomic E-state index is -8.00. The third-order valence-corrected chi connectivity index (χ3v) is 6.37. The Labute approximate surface area is 223 Å². The summed E-state index contributed by atoms with van der Waals surface area (Å²) in [7, 11) is 0. The average Bonchev–Trinajstić information content (AvgIpc) is 2.82. The molecule has 0 saturated carbocycles. The van der Waals surface area contributed by atoms with Crippen molar-refractivity contribution >= 4 is 5.97 Å². The van der Waals surface area contributed by atoms with E-state index in [4.69, 9.17) is 5.26 Å². The van der Waals surface area contributed by atoms with Gasteiger partial charge in [0, 0.05) is 12.8 Å². The molecule has 236 valence electrons. The van der Waals surface area contributed by atoms with E-state index in [-0.39, 0.29) is 19.3 Å². The van der Waals surface area contributed by atoms with Crippen LogP contribution in [-0.4, -0.2) is 48.4 Å². The molecule has 0 aromatic heterocycles. The maximum absolute atomic E-state index is 14.5. The molecule has 0 fully saturated rings. The molecule has 0 aliphatic rings. The van der Waals surface area contributed by atoms with Crippen molar-refractivity contribution in [3.05, 3.63) is 0 Å². The van der Waals surface area contributed by atoms with Gasteiger partial charge in [-0.3, -0.25) is 4.79 Å². The van der Waals surface area contributed by atoms with Crippen LogP contribution >= 0.6 is 0 Å². The maximum atomic E-state index is 14.5. The van der Waals surface area contributed by atoms with Gasteiger partial charge >= 0.3 is 41.8 Å². The van der Waals surface area contributed by atoms with Crippen molar-refractivity contribution in [2.75, 3.05) is 6.61 Å². The van der Waals surface area contributed by atoms with E-state index in [2.05, 4.69) is 4.74 Å². The van der Waals surface area contributed by atoms with Gasteiger partial charge in [0.25, 0.3) is 0 Å². The SMILES string of the molecule is CCCCCCCCC(CCC#N)CC(CC(F)(F)C(F)(F)C(F)(F)C(F)(F)C(F)(F)C(F)(F)F)C(=O)OCC. The van der Waals surface area contributed by atoms with E-state index in [1.54, 1.807) is 6.07 Å². The molecule has 0 radical (unpaired) electrons. The zero-order chi connectivity index (χ0) is 31.6. The lowest BCUT2D eigenvalue weighted by atomic mass is 9.82. The summed E-state index contributed by atoms with van der Waals surface area (Å²) >= 11 is 0. The number of hydrogen-bond donors (Lipinski definition) is 0. The van der Waals surface area contributed by atoms with Crippen LogP contribution in [0.2, 0.25) is 0 Å². The van der Waals surface area contributed by atoms with E-state index in [1.165, 1.54) is 6.92 Å². The third-order valence-electron chi connectivity index (χ3n) is 6.37. The number of ether oxygens (including phenoxy) is 1. The highest BCUT2D eigenvalue weighted by Gasteiger charge is 2.90. The number of hydrogen-bond acceptors (Lipinski definition) is 3. The lowest BCUT2D eigenvalue weighted by molar-refractivity contribution is -0.440. The molecule has 16 heteroatoms. The van der Waals surface area contributed by atoms with Gasteiger partial charge in [0.2, 0.25) is 0 Å². The summed E-state index contributed by atoms with van der Waals surface area (Å²) in [6.45, 7) is 2.62. The van der Waals surface area contributed by atoms with Crippen LogP contribution in [0.15, 0.2) is 0 Å². The molecular formula is C24H32F13NO2. The van der Waals surface area contributed by atoms with Crippen molar-refractivity contribution in [3.8, 4) is 6.07 Å². The molecule has 0 heterocycles. The fourth-order valence-corrected chi connectivity index (χ4v) is 4.03. The number of carbonyl (C=O) groups excluding carboxylic acids is 1. The van der Waals surface area contributed by atoms with Crippen LogP contribution in [0.3, 0.4) is 0 Å². The summed E-state index contributed by atoms with van der Waals surface area (Å²) in [4.78, 5) is 12.3. The van der Waals surface area contributed by atoms with Crippen molar-refractivity contribution in [3.63, 3.8) is 0 Å². The lowest BCUT2D eigenvalue weighted by Gasteiger charge is -2.40. The molecule has 0 bridgehead atoms. The zero-order valence-corrected chi connectivity index (χ0v) is 21.8. The Balaban J connectivity index is 6.15. The van der Waals surface area contributed by atoms with E-state index in [1.807, 2.05) is 6.92 Å². The summed E-state index contributed by atoms with van der Waals surface area (Å²) in [6, 6.07) is 1.75. The first-order valence-electron chi connectivity index (χ1n) is 12.6. The summed E-state index contributed by atoms with van der Waals surface area (Å²) in [5.41, 5.74) is 0. The molecule has 0 aromatic rings. The fourth-order valence-electron chi connectivity index (χ4n) is 4.03. The van der Waals surface area contributed by atoms with Gasteiger partial charge in [0.15, 0.2) is 0 Å². The monoisotopic (exact) mass is 613 g/mol. The predicted octanol–water partition coefficient (Wildman–Crippen LogP) is 9.36. The van der Waals surface area contributed by atoms with Crippen LogP contribution in [0.1, 0.15) is 84.5 Å². The third kappa shape index (κ3) is 8.77. The molecule has 0 rings (SSSR count). The highest BCUT2D eigenvalue weighted by atomic mass is 19.4. The normalized spacial score (nSPS) is 15.4. The molecule has 0 aromatic carbocycles. The van der Waals surface area contributed by atoms with Gasteiger partial charge in [0.1, 0.15) is 0 Å². The standard InChI is InChI=1S/C24H32F13NO2/c1-3-5-6-7-8-9-11-16(12-10-13-38)14-17(18(39)40-4-2)15-19(25,26)20(27,28)21(29,30)22(31,32)23(33,34)24(35,36)37/h16-17H,3-12,14-15H2,1-2H3. The van der Waals surface area contributed by atoms with Crippen LogP contribution in [0.4, 0.5) is 57.1 Å². The molecule has 3 nitrogen and oxygen atoms in total. The van der Waals surface area contributed by atoms with E-state index < -0.39 is 73.0 Å². The Kier molecular flexibility index (Phi) is 14.1. The van der Waals surface area contributed by atoms with E-state index in [0.717, 1.165) is 25.7 Å². The van der Waals surface area contributed by atoms with Gasteiger partial charge in [-0.15, -0.1) is 0 Å². The Hall–Kier alpha value is -1.95. The van der Waals surface area contributed by atoms with E-state index in [9.17, 15) is 61.9 Å². The molecule has 0 spiro atoms. The number of nitrogens with zero attached hydrogens (tertiary/aromatic N) is 1. The largest absolute Gasteiger partial charge is 0.466 e. The van der Waals surface area contributed by atoms with Gasteiger partial charge in [-0.05, 0) is 25.7 Å². The van der Waals surface area contributed by atoms with Crippen molar-refractivity contribution < 1.29 is 66.6 Å². The Morgan fingerprint density at radius 2 is 1.23 bits per heavy atom. The number of carbonyl (C=O) groups is 1. The zero-order valence-electron chi connectivity index (χ0n) is 21.8. The number of halogens is 13. The molecule has 0 aliphatic heterocycles. The minimum absolute atomic E-state index is 0.0463. The molecule has 2 unspecified atom stereocenters. The minimum Gasteiger partial charge on any atom is -0.466 e. The van der Waals surface area contributed by atoms with Crippen LogP contribution in [0, 0.1) is 23.2 Å². The van der Waals surface area contributed by atoms with Gasteiger partial charge < -0.3 is 4.74 Å². The highest BCUT2D eigenvalue weighted by molar-refractivity contribution is 5.72. The van der Waals surface area contributed by atoms with Crippen LogP contribution in [0.25, 0.3) is 0 Å². The van der Waals surface area contributed by atoms with Crippen LogP contribution < -0.4 is 0 Å². The summed E-state index contributed by atoms with van der Waals surface area (Å²) in [5.74, 6) is -42.4. The second kappa shape index (κ2) is 14.8. The van der Waals surface area contributed by atoms with Crippen molar-refractivity contribution in [1.82, 2.24) is 0 Å². The van der Waals surface area contributed by atoms with Gasteiger partial charge in [-0.2, -0.15) is 62.3 Å². The Morgan fingerprint density at radius 1 is 0.725 bits per heavy atom. The predicted molar refractivity (Wildman–Crippen MR) is 116 cm³/mol. The summed E-state index contributed by atoms with van der Waals surface area (Å²) in [6.07, 6.45) is -6.32. The van der Waals surface area contributed by atoms with E-state index in [0.29, 0.717) is 12.8 Å². The molecule has 0 aliphatic carbocycles. The first-order valence-corrected chi connectivity index (χ1v) is 12.6. The summed E-state index contributed by atoms with van der Waals surface area (Å²) in [5, 5.41) is 8.84. The molecule has 40 heavy (non-hydrogen) atoms. The smallest absolute Gasteiger partial charge is 0.460 e. The van der Waals surface area contributed by atoms with Gasteiger partial charge in [-0.1, -0.05) is 51.9 Å². The molecule has 0 N–H and O–H groups in total. The number of rotatable bonds is 19. The fraction of sp³-hybridized carbons (Fsp3) is 0.917. The second-order valence-electron chi connectivity index (χ2n) is 9.51. The maximum Gasteiger partial charge on any atom is 0.460 e. The average molecular weight is 613 g/mol. The lowest BCUT2D eigenvalue weighted by Crippen LogP contribution is -2.70. The molecule has 0 saturated heterocycles. The number of esters is 1. The number of alkyl halides is 13. The first-order chi connectivity index (χ1) is 18.1. The summed E-state index contributed by atoms with van der Waals surface area (Å²) < 4.78 is 180. The quantitative estimate of drug-likeness (QED) is 0.0829. The molecule has 2 atom stereocenters. The second-order valence-corrected chi connectivity index (χ2v) is 9.51. The van der Waals surface area contributed by atoms with Crippen molar-refractivity contribution in [1.29, 1.82) is 5.26 Å². The number of nitriles is 1. The van der Waals surface area contributed by atoms with Crippen molar-refractivity contribution in [2.45, 2.75) is 120 Å². The van der Waals surface area contributed by atoms with Gasteiger partial charge in [-0.25, -0.2) is 0 Å². The van der Waals surface area contributed by atoms with Crippen molar-refractivity contribution in [2.24, 2.45) is 11.8 Å². The highest BCUT2D eigenvalue weighted by Crippen LogP contribution is 2.61. The molecule has 0 amide bonds. The van der Waals surface area contributed by atoms with Gasteiger partial charge in [0.05, 0.1) is 18.6 Å². The topological polar surface area (TPSA) is 50.1 Å². The Bertz CT molecular complexity index is 823. The van der Waals surface area contributed by atoms with Crippen LogP contribution in [0.5, 0.6) is 0 Å². The Morgan fingerprint density at radius 3 is 1.70 bits per heavy atom.